The molecule has 4 bridgehead atoms. The van der Waals surface area contributed by atoms with Gasteiger partial charge in [0.25, 0.3) is 5.69 Å². The second-order valence-corrected chi connectivity index (χ2v) is 8.66. The number of benzene rings is 1. The van der Waals surface area contributed by atoms with Gasteiger partial charge in [-0.15, -0.1) is 0 Å². The zero-order chi connectivity index (χ0) is 19.2. The number of amides is 1. The Balaban J connectivity index is 1.44. The Labute approximate surface area is 163 Å². The summed E-state index contributed by atoms with van der Waals surface area (Å²) in [4.78, 5) is 23.4. The first kappa shape index (κ1) is 18.2. The van der Waals surface area contributed by atoms with Crippen molar-refractivity contribution >= 4 is 34.6 Å². The van der Waals surface area contributed by atoms with Crippen LogP contribution >= 0.6 is 12.2 Å². The maximum absolute atomic E-state index is 13.0. The highest BCUT2D eigenvalue weighted by Gasteiger charge is 2.54. The van der Waals surface area contributed by atoms with Gasteiger partial charge in [-0.05, 0) is 74.6 Å². The minimum absolute atomic E-state index is 0.0139. The molecule has 27 heavy (non-hydrogen) atoms. The Hall–Kier alpha value is -2.22. The maximum atomic E-state index is 13.0. The molecule has 0 spiro atoms. The monoisotopic (exact) mass is 389 g/mol. The summed E-state index contributed by atoms with van der Waals surface area (Å²) < 4.78 is 5.20. The molecular weight excluding hydrogens is 366 g/mol. The summed E-state index contributed by atoms with van der Waals surface area (Å²) >= 11 is 5.33. The normalized spacial score (nSPS) is 30.6. The molecule has 0 heterocycles. The third-order valence-electron chi connectivity index (χ3n) is 6.39. The largest absolute Gasteiger partial charge is 0.494 e. The summed E-state index contributed by atoms with van der Waals surface area (Å²) in [7, 11) is 1.43. The number of non-ortho nitro benzene ring substituents is 1. The third-order valence-corrected chi connectivity index (χ3v) is 6.60. The molecule has 4 fully saturated rings. The van der Waals surface area contributed by atoms with Crippen molar-refractivity contribution in [3.63, 3.8) is 0 Å². The second kappa shape index (κ2) is 6.74. The van der Waals surface area contributed by atoms with Gasteiger partial charge in [-0.2, -0.15) is 0 Å². The van der Waals surface area contributed by atoms with Gasteiger partial charge in [0.15, 0.2) is 5.11 Å². The van der Waals surface area contributed by atoms with Crippen LogP contribution in [-0.2, 0) is 4.79 Å². The zero-order valence-electron chi connectivity index (χ0n) is 15.2. The molecule has 2 N–H and O–H groups in total. The quantitative estimate of drug-likeness (QED) is 0.464. The molecule has 1 amide bonds. The van der Waals surface area contributed by atoms with Gasteiger partial charge in [0.2, 0.25) is 5.91 Å². The van der Waals surface area contributed by atoms with Gasteiger partial charge in [-0.1, -0.05) is 0 Å². The van der Waals surface area contributed by atoms with Crippen molar-refractivity contribution in [1.82, 2.24) is 5.32 Å². The lowest BCUT2D eigenvalue weighted by Gasteiger charge is -2.55. The minimum atomic E-state index is -0.487. The van der Waals surface area contributed by atoms with Gasteiger partial charge < -0.3 is 15.4 Å². The van der Waals surface area contributed by atoms with Gasteiger partial charge >= 0.3 is 0 Å². The Morgan fingerprint density at radius 3 is 2.33 bits per heavy atom. The maximum Gasteiger partial charge on any atom is 0.273 e. The van der Waals surface area contributed by atoms with Gasteiger partial charge in [0.1, 0.15) is 5.75 Å². The molecule has 1 aromatic carbocycles. The lowest BCUT2D eigenvalue weighted by molar-refractivity contribution is -0.384. The van der Waals surface area contributed by atoms with Crippen LogP contribution in [0.2, 0.25) is 0 Å². The van der Waals surface area contributed by atoms with Crippen molar-refractivity contribution in [2.24, 2.45) is 23.2 Å². The van der Waals surface area contributed by atoms with Crippen LogP contribution < -0.4 is 15.4 Å². The average Bonchev–Trinajstić information content (AvgIpc) is 2.60. The number of anilines is 1. The van der Waals surface area contributed by atoms with E-state index in [1.54, 1.807) is 0 Å². The molecule has 0 aromatic heterocycles. The smallest absolute Gasteiger partial charge is 0.273 e. The van der Waals surface area contributed by atoms with Gasteiger partial charge in [0, 0.05) is 6.07 Å². The van der Waals surface area contributed by atoms with Crippen LogP contribution in [-0.4, -0.2) is 23.1 Å². The Morgan fingerprint density at radius 2 is 1.81 bits per heavy atom. The number of hydrogen-bond donors (Lipinski definition) is 2. The zero-order valence-corrected chi connectivity index (χ0v) is 16.0. The number of nitro benzene ring substituents is 1. The Morgan fingerprint density at radius 1 is 1.22 bits per heavy atom. The van der Waals surface area contributed by atoms with E-state index in [-0.39, 0.29) is 22.1 Å². The fourth-order valence-corrected chi connectivity index (χ4v) is 5.88. The van der Waals surface area contributed by atoms with E-state index in [0.717, 1.165) is 19.3 Å². The molecule has 0 saturated heterocycles. The minimum Gasteiger partial charge on any atom is -0.494 e. The number of methoxy groups -OCH3 is 1. The molecule has 4 saturated carbocycles. The number of nitro groups is 1. The molecule has 0 radical (unpaired) electrons. The summed E-state index contributed by atoms with van der Waals surface area (Å²) in [6, 6.07) is 4.22. The van der Waals surface area contributed by atoms with Crippen molar-refractivity contribution < 1.29 is 14.5 Å². The SMILES string of the molecule is COc1cc([N+](=O)[O-])ccc1NC(=S)NC(=O)C12CC3CC(CC(C3)C1)C2. The molecule has 0 atom stereocenters. The van der Waals surface area contributed by atoms with E-state index in [1.165, 1.54) is 44.6 Å². The number of carbonyl (C=O) groups excluding carboxylic acids is 1. The van der Waals surface area contributed by atoms with Crippen LogP contribution in [0.5, 0.6) is 5.75 Å². The van der Waals surface area contributed by atoms with E-state index in [9.17, 15) is 14.9 Å². The average molecular weight is 389 g/mol. The summed E-state index contributed by atoms with van der Waals surface area (Å²) in [5, 5.41) is 16.9. The molecule has 7 nitrogen and oxygen atoms in total. The number of nitrogens with zero attached hydrogens (tertiary/aromatic N) is 1. The third kappa shape index (κ3) is 3.38. The lowest BCUT2D eigenvalue weighted by atomic mass is 9.49. The number of rotatable bonds is 4. The fraction of sp³-hybridized carbons (Fsp3) is 0.579. The lowest BCUT2D eigenvalue weighted by Crippen LogP contribution is -2.55. The van der Waals surface area contributed by atoms with E-state index in [0.29, 0.717) is 29.2 Å². The predicted molar refractivity (Wildman–Crippen MR) is 105 cm³/mol. The molecule has 0 aliphatic heterocycles. The van der Waals surface area contributed by atoms with E-state index in [2.05, 4.69) is 10.6 Å². The number of nitrogens with one attached hydrogen (secondary N) is 2. The highest BCUT2D eigenvalue weighted by Crippen LogP contribution is 2.60. The Bertz CT molecular complexity index is 775. The molecule has 0 unspecified atom stereocenters. The molecule has 5 rings (SSSR count). The van der Waals surface area contributed by atoms with Gasteiger partial charge in [0.05, 0.1) is 29.2 Å². The fourth-order valence-electron chi connectivity index (χ4n) is 5.67. The van der Waals surface area contributed by atoms with Crippen molar-refractivity contribution in [3.8, 4) is 5.75 Å². The number of carbonyl (C=O) groups is 1. The van der Waals surface area contributed by atoms with Crippen LogP contribution in [0.1, 0.15) is 38.5 Å². The van der Waals surface area contributed by atoms with Crippen molar-refractivity contribution in [2.45, 2.75) is 38.5 Å². The first-order valence-corrected chi connectivity index (χ1v) is 9.74. The summed E-state index contributed by atoms with van der Waals surface area (Å²) in [5.74, 6) is 2.35. The molecule has 4 aliphatic carbocycles. The molecule has 1 aromatic rings. The van der Waals surface area contributed by atoms with E-state index >= 15 is 0 Å². The van der Waals surface area contributed by atoms with Crippen LogP contribution in [0, 0.1) is 33.3 Å². The van der Waals surface area contributed by atoms with Gasteiger partial charge in [-0.25, -0.2) is 0 Å². The van der Waals surface area contributed by atoms with Crippen LogP contribution in [0.25, 0.3) is 0 Å². The molecule has 144 valence electrons. The summed E-state index contributed by atoms with van der Waals surface area (Å²) in [6.07, 6.45) is 6.72. The highest BCUT2D eigenvalue weighted by molar-refractivity contribution is 7.80. The number of hydrogen-bond acceptors (Lipinski definition) is 5. The summed E-state index contributed by atoms with van der Waals surface area (Å²) in [5.41, 5.74) is 0.139. The van der Waals surface area contributed by atoms with Crippen molar-refractivity contribution in [2.75, 3.05) is 12.4 Å². The van der Waals surface area contributed by atoms with Crippen LogP contribution in [0.3, 0.4) is 0 Å². The van der Waals surface area contributed by atoms with Crippen molar-refractivity contribution in [1.29, 1.82) is 0 Å². The van der Waals surface area contributed by atoms with Crippen LogP contribution in [0.4, 0.5) is 11.4 Å². The Kier molecular flexibility index (Phi) is 4.53. The standard InChI is InChI=1S/C19H23N3O4S/c1-26-16-7-14(22(24)25)2-3-15(16)20-18(27)21-17(23)19-8-11-4-12(9-19)6-13(5-11)10-19/h2-3,7,11-13H,4-6,8-10H2,1H3,(H2,20,21,23,27). The first-order chi connectivity index (χ1) is 12.9. The molecular formula is C19H23N3O4S. The molecule has 8 heteroatoms. The first-order valence-electron chi connectivity index (χ1n) is 9.33. The van der Waals surface area contributed by atoms with Crippen molar-refractivity contribution in [3.05, 3.63) is 28.3 Å². The van der Waals surface area contributed by atoms with E-state index in [4.69, 9.17) is 17.0 Å². The molecule has 4 aliphatic rings. The van der Waals surface area contributed by atoms with E-state index in [1.807, 2.05) is 0 Å². The summed E-state index contributed by atoms with van der Waals surface area (Å²) in [6.45, 7) is 0. The second-order valence-electron chi connectivity index (χ2n) is 8.25. The number of ether oxygens (including phenoxy) is 1. The van der Waals surface area contributed by atoms with Crippen LogP contribution in [0.15, 0.2) is 18.2 Å². The highest BCUT2D eigenvalue weighted by atomic mass is 32.1. The topological polar surface area (TPSA) is 93.5 Å². The number of thiocarbonyl (C=S) groups is 1. The van der Waals surface area contributed by atoms with E-state index < -0.39 is 4.92 Å². The predicted octanol–water partition coefficient (Wildman–Crippen LogP) is 3.63. The van der Waals surface area contributed by atoms with Gasteiger partial charge in [-0.3, -0.25) is 14.9 Å².